The Morgan fingerprint density at radius 3 is 2.58 bits per heavy atom. The van der Waals surface area contributed by atoms with Crippen molar-refractivity contribution in [1.82, 2.24) is 4.90 Å². The average molecular weight is 248 g/mol. The van der Waals surface area contributed by atoms with Gasteiger partial charge in [0.05, 0.1) is 5.70 Å². The molecule has 0 aromatic rings. The highest BCUT2D eigenvalue weighted by Gasteiger charge is 2.17. The largest absolute Gasteiger partial charge is 0.385 e. The first-order valence-electron chi connectivity index (χ1n) is 3.21. The molecule has 0 spiro atoms. The van der Waals surface area contributed by atoms with E-state index in [2.05, 4.69) is 29.1 Å². The Bertz CT molecular complexity index is 302. The van der Waals surface area contributed by atoms with Gasteiger partial charge >= 0.3 is 0 Å². The van der Waals surface area contributed by atoms with Gasteiger partial charge in [0.25, 0.3) is 0 Å². The van der Waals surface area contributed by atoms with Crippen LogP contribution in [-0.2, 0) is 0 Å². The summed E-state index contributed by atoms with van der Waals surface area (Å²) in [4.78, 5) is 1.56. The van der Waals surface area contributed by atoms with Crippen LogP contribution in [0.4, 0.5) is 0 Å². The summed E-state index contributed by atoms with van der Waals surface area (Å²) in [7, 11) is 0. The fraction of sp³-hybridized carbons (Fsp3) is 0. The number of hydrogen-bond acceptors (Lipinski definition) is 2. The van der Waals surface area contributed by atoms with E-state index in [0.29, 0.717) is 16.7 Å². The highest BCUT2D eigenvalue weighted by atomic mass is 79.9. The van der Waals surface area contributed by atoms with Crippen LogP contribution in [0, 0.1) is 0 Å². The maximum absolute atomic E-state index is 5.86. The minimum Gasteiger partial charge on any atom is -0.385 e. The molecule has 0 aliphatic carbocycles. The molecule has 64 valence electrons. The predicted molar refractivity (Wildman–Crippen MR) is 55.3 cm³/mol. The summed E-state index contributed by atoms with van der Waals surface area (Å²) < 4.78 is 0.846. The quantitative estimate of drug-likeness (QED) is 0.722. The van der Waals surface area contributed by atoms with Crippen LogP contribution < -0.4 is 5.73 Å². The molecule has 0 saturated heterocycles. The van der Waals surface area contributed by atoms with E-state index in [-0.39, 0.29) is 0 Å². The maximum atomic E-state index is 5.86. The molecule has 0 radical (unpaired) electrons. The predicted octanol–water partition coefficient (Wildman–Crippen LogP) is 2.60. The number of hydrogen-bond donors (Lipinski definition) is 1. The van der Waals surface area contributed by atoms with Crippen LogP contribution in [0.5, 0.6) is 0 Å². The summed E-state index contributed by atoms with van der Waals surface area (Å²) in [6.07, 6.45) is 3.53. The van der Waals surface area contributed by atoms with Gasteiger partial charge in [-0.2, -0.15) is 0 Å². The van der Waals surface area contributed by atoms with Gasteiger partial charge in [-0.3, -0.25) is 4.90 Å². The highest BCUT2D eigenvalue weighted by Crippen LogP contribution is 2.31. The first kappa shape index (κ1) is 9.42. The second-order valence-electron chi connectivity index (χ2n) is 2.28. The minimum absolute atomic E-state index is 0.353. The Hall–Kier alpha value is -0.670. The number of nitrogens with two attached hydrogens (primary N) is 1. The standard InChI is InChI=1S/C8H8BrClN2/c1-5-7(9)3-4-8(10)12(5)6(2)11/h3-4H,1-2,11H2. The molecular weight excluding hydrogens is 239 g/mol. The molecule has 0 atom stereocenters. The van der Waals surface area contributed by atoms with Crippen LogP contribution in [0.3, 0.4) is 0 Å². The summed E-state index contributed by atoms with van der Waals surface area (Å²) in [5.41, 5.74) is 6.20. The molecule has 2 N–H and O–H groups in total. The van der Waals surface area contributed by atoms with Crippen molar-refractivity contribution in [3.63, 3.8) is 0 Å². The molecule has 0 saturated carbocycles. The van der Waals surface area contributed by atoms with Crippen LogP contribution in [-0.4, -0.2) is 4.90 Å². The van der Waals surface area contributed by atoms with E-state index in [1.807, 2.05) is 6.08 Å². The molecule has 0 bridgehead atoms. The Kier molecular flexibility index (Phi) is 2.65. The molecular formula is C8H8BrClN2. The summed E-state index contributed by atoms with van der Waals surface area (Å²) in [6.45, 7) is 7.38. The second kappa shape index (κ2) is 3.37. The molecule has 0 fully saturated rings. The van der Waals surface area contributed by atoms with Gasteiger partial charge < -0.3 is 5.73 Å². The van der Waals surface area contributed by atoms with Crippen molar-refractivity contribution in [3.8, 4) is 0 Å². The zero-order valence-electron chi connectivity index (χ0n) is 6.35. The summed E-state index contributed by atoms with van der Waals surface area (Å²) in [5.74, 6) is 0.353. The Morgan fingerprint density at radius 2 is 2.17 bits per heavy atom. The van der Waals surface area contributed by atoms with Crippen molar-refractivity contribution in [1.29, 1.82) is 0 Å². The fourth-order valence-corrected chi connectivity index (χ4v) is 1.44. The third-order valence-corrected chi connectivity index (χ3v) is 2.43. The van der Waals surface area contributed by atoms with Crippen molar-refractivity contribution >= 4 is 27.5 Å². The Morgan fingerprint density at radius 1 is 1.58 bits per heavy atom. The molecule has 1 aliphatic rings. The van der Waals surface area contributed by atoms with Crippen molar-refractivity contribution in [2.45, 2.75) is 0 Å². The number of rotatable bonds is 1. The lowest BCUT2D eigenvalue weighted by atomic mass is 10.3. The first-order valence-corrected chi connectivity index (χ1v) is 4.38. The molecule has 1 aliphatic heterocycles. The molecule has 0 amide bonds. The van der Waals surface area contributed by atoms with Gasteiger partial charge in [-0.1, -0.05) is 24.8 Å². The van der Waals surface area contributed by atoms with Crippen LogP contribution in [0.25, 0.3) is 0 Å². The smallest absolute Gasteiger partial charge is 0.115 e. The Balaban J connectivity index is 3.05. The van der Waals surface area contributed by atoms with Crippen LogP contribution in [0.15, 0.2) is 46.5 Å². The first-order chi connectivity index (χ1) is 5.54. The summed E-state index contributed by atoms with van der Waals surface area (Å²) >= 11 is 9.17. The lowest BCUT2D eigenvalue weighted by molar-refractivity contribution is 0.568. The average Bonchev–Trinajstić information content (AvgIpc) is 1.97. The van der Waals surface area contributed by atoms with Crippen LogP contribution >= 0.6 is 27.5 Å². The van der Waals surface area contributed by atoms with Crippen molar-refractivity contribution in [2.24, 2.45) is 5.73 Å². The molecule has 0 aromatic heterocycles. The van der Waals surface area contributed by atoms with Crippen LogP contribution in [0.1, 0.15) is 0 Å². The van der Waals surface area contributed by atoms with E-state index in [1.165, 1.54) is 0 Å². The van der Waals surface area contributed by atoms with Gasteiger partial charge in [0.2, 0.25) is 0 Å². The maximum Gasteiger partial charge on any atom is 0.115 e. The third kappa shape index (κ3) is 1.57. The molecule has 2 nitrogen and oxygen atoms in total. The SMILES string of the molecule is C=C(N)N1C(=C)C(Br)=CC=C1Cl. The second-order valence-corrected chi connectivity index (χ2v) is 3.52. The van der Waals surface area contributed by atoms with E-state index in [9.17, 15) is 0 Å². The molecule has 0 unspecified atom stereocenters. The molecule has 0 aromatic carbocycles. The van der Waals surface area contributed by atoms with Crippen molar-refractivity contribution in [3.05, 3.63) is 46.5 Å². The van der Waals surface area contributed by atoms with E-state index >= 15 is 0 Å². The monoisotopic (exact) mass is 246 g/mol. The van der Waals surface area contributed by atoms with Crippen molar-refractivity contribution < 1.29 is 0 Å². The lowest BCUT2D eigenvalue weighted by Gasteiger charge is -2.27. The number of nitrogens with zero attached hydrogens (tertiary/aromatic N) is 1. The number of halogens is 2. The van der Waals surface area contributed by atoms with E-state index in [0.717, 1.165) is 4.48 Å². The zero-order valence-corrected chi connectivity index (χ0v) is 8.69. The van der Waals surface area contributed by atoms with E-state index in [4.69, 9.17) is 17.3 Å². The van der Waals surface area contributed by atoms with Gasteiger partial charge in [0.1, 0.15) is 11.0 Å². The van der Waals surface area contributed by atoms with E-state index in [1.54, 1.807) is 11.0 Å². The third-order valence-electron chi connectivity index (χ3n) is 1.41. The number of allylic oxidation sites excluding steroid dienone is 3. The molecule has 12 heavy (non-hydrogen) atoms. The molecule has 1 rings (SSSR count). The van der Waals surface area contributed by atoms with Gasteiger partial charge in [0, 0.05) is 4.48 Å². The topological polar surface area (TPSA) is 29.3 Å². The minimum atomic E-state index is 0.353. The van der Waals surface area contributed by atoms with Gasteiger partial charge in [-0.25, -0.2) is 0 Å². The Labute approximate surface area is 84.8 Å². The molecule has 4 heteroatoms. The van der Waals surface area contributed by atoms with Gasteiger partial charge in [0.15, 0.2) is 0 Å². The highest BCUT2D eigenvalue weighted by molar-refractivity contribution is 9.12. The fourth-order valence-electron chi connectivity index (χ4n) is 0.859. The van der Waals surface area contributed by atoms with Gasteiger partial charge in [-0.05, 0) is 28.1 Å². The van der Waals surface area contributed by atoms with E-state index < -0.39 is 0 Å². The summed E-state index contributed by atoms with van der Waals surface area (Å²) in [6, 6.07) is 0. The zero-order chi connectivity index (χ0) is 9.30. The summed E-state index contributed by atoms with van der Waals surface area (Å²) in [5, 5.41) is 0.496. The molecule has 1 heterocycles. The van der Waals surface area contributed by atoms with Crippen molar-refractivity contribution in [2.75, 3.05) is 0 Å². The van der Waals surface area contributed by atoms with Gasteiger partial charge in [-0.15, -0.1) is 0 Å². The van der Waals surface area contributed by atoms with Crippen LogP contribution in [0.2, 0.25) is 0 Å². The normalized spacial score (nSPS) is 17.2. The lowest BCUT2D eigenvalue weighted by Crippen LogP contribution is -2.25.